The summed E-state index contributed by atoms with van der Waals surface area (Å²) >= 11 is 0. The number of carbonyl (C=O) groups is 2. The Hall–Kier alpha value is -1.59. The van der Waals surface area contributed by atoms with E-state index in [1.54, 1.807) is 24.3 Å². The molecule has 0 heterocycles. The summed E-state index contributed by atoms with van der Waals surface area (Å²) in [5.41, 5.74) is 6.36. The zero-order chi connectivity index (χ0) is 15.8. The summed E-state index contributed by atoms with van der Waals surface area (Å²) in [6, 6.07) is 6.98. The average Bonchev–Trinajstić information content (AvgIpc) is 2.45. The van der Waals surface area contributed by atoms with E-state index in [2.05, 4.69) is 24.5 Å². The molecule has 22 heavy (non-hydrogen) atoms. The molecule has 0 aliphatic carbocycles. The number of benzene rings is 1. The molecular weight excluding hydrogens is 302 g/mol. The smallest absolute Gasteiger partial charge is 0.253 e. The fraction of sp³-hybridized carbons (Fsp3) is 0.500. The van der Waals surface area contributed by atoms with Crippen molar-refractivity contribution in [3.8, 4) is 0 Å². The van der Waals surface area contributed by atoms with Crippen LogP contribution in [0.1, 0.15) is 37.6 Å². The normalized spacial score (nSPS) is 11.5. The lowest BCUT2D eigenvalue weighted by atomic mass is 9.94. The van der Waals surface area contributed by atoms with Gasteiger partial charge in [0.1, 0.15) is 0 Å². The van der Waals surface area contributed by atoms with E-state index in [1.165, 1.54) is 0 Å². The predicted molar refractivity (Wildman–Crippen MR) is 92.3 cm³/mol. The molecule has 2 amide bonds. The topological polar surface area (TPSA) is 84.2 Å². The summed E-state index contributed by atoms with van der Waals surface area (Å²) in [4.78, 5) is 24.1. The molecule has 0 aromatic heterocycles. The van der Waals surface area contributed by atoms with Crippen LogP contribution in [0.3, 0.4) is 0 Å². The second kappa shape index (κ2) is 10.2. The Labute approximate surface area is 138 Å². The number of anilines is 1. The van der Waals surface area contributed by atoms with Crippen LogP contribution in [0, 0.1) is 11.8 Å². The van der Waals surface area contributed by atoms with Crippen molar-refractivity contribution >= 4 is 29.9 Å². The maximum absolute atomic E-state index is 12.1. The lowest BCUT2D eigenvalue weighted by Crippen LogP contribution is -2.30. The summed E-state index contributed by atoms with van der Waals surface area (Å²) in [6.45, 7) is 7.01. The van der Waals surface area contributed by atoms with Crippen LogP contribution in [0.2, 0.25) is 0 Å². The Bertz CT molecular complexity index is 492. The minimum absolute atomic E-state index is 0. The van der Waals surface area contributed by atoms with Gasteiger partial charge in [0.05, 0.1) is 11.3 Å². The van der Waals surface area contributed by atoms with Crippen LogP contribution < -0.4 is 16.4 Å². The maximum atomic E-state index is 12.1. The van der Waals surface area contributed by atoms with Crippen molar-refractivity contribution in [3.63, 3.8) is 0 Å². The van der Waals surface area contributed by atoms with Crippen molar-refractivity contribution < 1.29 is 9.59 Å². The van der Waals surface area contributed by atoms with E-state index in [-0.39, 0.29) is 24.2 Å². The first-order valence-electron chi connectivity index (χ1n) is 7.32. The molecule has 0 bridgehead atoms. The van der Waals surface area contributed by atoms with Gasteiger partial charge in [-0.25, -0.2) is 0 Å². The molecule has 5 nitrogen and oxygen atoms in total. The zero-order valence-electron chi connectivity index (χ0n) is 13.4. The van der Waals surface area contributed by atoms with Crippen molar-refractivity contribution in [2.45, 2.75) is 27.2 Å². The third-order valence-electron chi connectivity index (χ3n) is 3.52. The van der Waals surface area contributed by atoms with E-state index in [0.29, 0.717) is 42.6 Å². The van der Waals surface area contributed by atoms with Gasteiger partial charge in [0.15, 0.2) is 0 Å². The highest BCUT2D eigenvalue weighted by Crippen LogP contribution is 2.18. The van der Waals surface area contributed by atoms with Crippen LogP contribution >= 0.6 is 12.4 Å². The van der Waals surface area contributed by atoms with Gasteiger partial charge in [0.2, 0.25) is 5.91 Å². The molecule has 1 atom stereocenters. The number of nitrogens with one attached hydrogen (secondary N) is 2. The second-order valence-corrected chi connectivity index (χ2v) is 5.56. The van der Waals surface area contributed by atoms with Crippen molar-refractivity contribution in [1.82, 2.24) is 5.32 Å². The van der Waals surface area contributed by atoms with Crippen LogP contribution in [-0.2, 0) is 4.79 Å². The van der Waals surface area contributed by atoms with E-state index in [1.807, 2.05) is 6.92 Å². The number of nitrogens with two attached hydrogens (primary N) is 1. The van der Waals surface area contributed by atoms with E-state index in [4.69, 9.17) is 5.73 Å². The quantitative estimate of drug-likeness (QED) is 0.719. The SMILES string of the molecule is CC(C)C(C)CC(=O)Nc1ccccc1C(=O)NCCN.Cl. The first kappa shape index (κ1) is 20.4. The predicted octanol–water partition coefficient (Wildman–Crippen LogP) is 2.42. The van der Waals surface area contributed by atoms with Crippen molar-refractivity contribution in [2.75, 3.05) is 18.4 Å². The van der Waals surface area contributed by atoms with Crippen LogP contribution in [0.15, 0.2) is 24.3 Å². The van der Waals surface area contributed by atoms with Gasteiger partial charge in [-0.15, -0.1) is 12.4 Å². The highest BCUT2D eigenvalue weighted by molar-refractivity contribution is 6.03. The Morgan fingerprint density at radius 2 is 1.82 bits per heavy atom. The lowest BCUT2D eigenvalue weighted by Gasteiger charge is -2.16. The molecule has 1 aromatic rings. The molecule has 124 valence electrons. The van der Waals surface area contributed by atoms with Gasteiger partial charge in [-0.3, -0.25) is 9.59 Å². The molecule has 0 saturated carbocycles. The van der Waals surface area contributed by atoms with Gasteiger partial charge >= 0.3 is 0 Å². The van der Waals surface area contributed by atoms with Crippen molar-refractivity contribution in [1.29, 1.82) is 0 Å². The van der Waals surface area contributed by atoms with E-state index >= 15 is 0 Å². The molecule has 1 unspecified atom stereocenters. The number of halogens is 1. The molecule has 0 aliphatic heterocycles. The van der Waals surface area contributed by atoms with Crippen molar-refractivity contribution in [2.24, 2.45) is 17.6 Å². The summed E-state index contributed by atoms with van der Waals surface area (Å²) in [6.07, 6.45) is 0.441. The second-order valence-electron chi connectivity index (χ2n) is 5.56. The Kier molecular flexibility index (Phi) is 9.45. The first-order valence-corrected chi connectivity index (χ1v) is 7.32. The molecule has 0 aliphatic rings. The third kappa shape index (κ3) is 6.45. The molecular formula is C16H26ClN3O2. The molecule has 1 aromatic carbocycles. The first-order chi connectivity index (χ1) is 9.95. The number of hydrogen-bond donors (Lipinski definition) is 3. The van der Waals surface area contributed by atoms with Crippen molar-refractivity contribution in [3.05, 3.63) is 29.8 Å². The lowest BCUT2D eigenvalue weighted by molar-refractivity contribution is -0.117. The van der Waals surface area contributed by atoms with Crippen LogP contribution in [0.5, 0.6) is 0 Å². The van der Waals surface area contributed by atoms with Gasteiger partial charge in [-0.2, -0.15) is 0 Å². The van der Waals surface area contributed by atoms with E-state index in [0.717, 1.165) is 0 Å². The Balaban J connectivity index is 0.00000441. The van der Waals surface area contributed by atoms with E-state index < -0.39 is 0 Å². The largest absolute Gasteiger partial charge is 0.351 e. The maximum Gasteiger partial charge on any atom is 0.253 e. The highest BCUT2D eigenvalue weighted by Gasteiger charge is 2.15. The van der Waals surface area contributed by atoms with Crippen LogP contribution in [-0.4, -0.2) is 24.9 Å². The number of carbonyl (C=O) groups excluding carboxylic acids is 2. The molecule has 0 fully saturated rings. The van der Waals surface area contributed by atoms with Gasteiger partial charge in [-0.05, 0) is 24.0 Å². The summed E-state index contributed by atoms with van der Waals surface area (Å²) in [7, 11) is 0. The van der Waals surface area contributed by atoms with Gasteiger partial charge < -0.3 is 16.4 Å². The standard InChI is InChI=1S/C16H25N3O2.ClH/c1-11(2)12(3)10-15(20)19-14-7-5-4-6-13(14)16(21)18-9-8-17;/h4-7,11-12H,8-10,17H2,1-3H3,(H,18,21)(H,19,20);1H. The summed E-state index contributed by atoms with van der Waals surface area (Å²) < 4.78 is 0. The molecule has 1 rings (SSSR count). The number of amides is 2. The Morgan fingerprint density at radius 1 is 1.18 bits per heavy atom. The fourth-order valence-electron chi connectivity index (χ4n) is 1.80. The minimum Gasteiger partial charge on any atom is -0.351 e. The fourth-order valence-corrected chi connectivity index (χ4v) is 1.80. The van der Waals surface area contributed by atoms with E-state index in [9.17, 15) is 9.59 Å². The molecule has 4 N–H and O–H groups in total. The zero-order valence-corrected chi connectivity index (χ0v) is 14.2. The molecule has 0 spiro atoms. The van der Waals surface area contributed by atoms with Gasteiger partial charge in [0.25, 0.3) is 5.91 Å². The van der Waals surface area contributed by atoms with Gasteiger partial charge in [-0.1, -0.05) is 32.9 Å². The average molecular weight is 328 g/mol. The number of hydrogen-bond acceptors (Lipinski definition) is 3. The van der Waals surface area contributed by atoms with Crippen LogP contribution in [0.4, 0.5) is 5.69 Å². The minimum atomic E-state index is -0.228. The Morgan fingerprint density at radius 3 is 2.41 bits per heavy atom. The molecule has 6 heteroatoms. The van der Waals surface area contributed by atoms with Gasteiger partial charge in [0, 0.05) is 19.5 Å². The summed E-state index contributed by atoms with van der Waals surface area (Å²) in [5, 5.41) is 5.53. The highest BCUT2D eigenvalue weighted by atomic mass is 35.5. The monoisotopic (exact) mass is 327 g/mol. The summed E-state index contributed by atoms with van der Waals surface area (Å²) in [5.74, 6) is 0.436. The number of para-hydroxylation sites is 1. The molecule has 0 radical (unpaired) electrons. The number of rotatable bonds is 7. The third-order valence-corrected chi connectivity index (χ3v) is 3.52. The van der Waals surface area contributed by atoms with Crippen LogP contribution in [0.25, 0.3) is 0 Å². The molecule has 0 saturated heterocycles.